The van der Waals surface area contributed by atoms with Crippen LogP contribution in [0.2, 0.25) is 0 Å². The predicted octanol–water partition coefficient (Wildman–Crippen LogP) is 1.19. The van der Waals surface area contributed by atoms with Gasteiger partial charge in [-0.25, -0.2) is 29.5 Å². The second kappa shape index (κ2) is 13.4. The lowest BCUT2D eigenvalue weighted by Crippen LogP contribution is -2.52. The number of hydrogen-bond donors (Lipinski definition) is 2. The van der Waals surface area contributed by atoms with Crippen molar-refractivity contribution in [2.45, 2.75) is 25.7 Å². The van der Waals surface area contributed by atoms with E-state index in [9.17, 15) is 9.59 Å². The van der Waals surface area contributed by atoms with Crippen LogP contribution in [-0.2, 0) is 0 Å². The molecule has 2 aromatic heterocycles. The first-order valence-corrected chi connectivity index (χ1v) is 12.8. The summed E-state index contributed by atoms with van der Waals surface area (Å²) >= 11 is 0. The number of unbranched alkanes of at least 4 members (excludes halogenated alkanes) is 3. The van der Waals surface area contributed by atoms with Crippen molar-refractivity contribution in [2.24, 2.45) is 0 Å². The Morgan fingerprint density at radius 2 is 0.944 bits per heavy atom. The molecule has 2 saturated heterocycles. The van der Waals surface area contributed by atoms with E-state index in [-0.39, 0.29) is 12.1 Å². The summed E-state index contributed by atoms with van der Waals surface area (Å²) in [6, 6.07) is 3.59. The second-order valence-electron chi connectivity index (χ2n) is 8.92. The molecule has 4 amide bonds. The molecule has 2 fully saturated rings. The number of carbonyl (C=O) groups excluding carboxylic acids is 2. The summed E-state index contributed by atoms with van der Waals surface area (Å²) in [5.74, 6) is 1.43. The SMILES string of the molecule is O=C(NCCCCCCNC(=O)N1CCN(c2ncccn2)CC1)N1CCN(c2ncccn2)CC1. The summed E-state index contributed by atoms with van der Waals surface area (Å²) in [4.78, 5) is 49.8. The molecule has 4 rings (SSSR count). The summed E-state index contributed by atoms with van der Waals surface area (Å²) in [6.07, 6.45) is 10.8. The van der Waals surface area contributed by atoms with Gasteiger partial charge < -0.3 is 30.2 Å². The maximum absolute atomic E-state index is 12.4. The zero-order valence-corrected chi connectivity index (χ0v) is 20.8. The second-order valence-corrected chi connectivity index (χ2v) is 8.92. The average molecular weight is 497 g/mol. The molecule has 0 radical (unpaired) electrons. The van der Waals surface area contributed by atoms with E-state index in [2.05, 4.69) is 40.4 Å². The number of amides is 4. The first-order valence-electron chi connectivity index (χ1n) is 12.8. The number of nitrogens with zero attached hydrogens (tertiary/aromatic N) is 8. The van der Waals surface area contributed by atoms with Gasteiger partial charge in [-0.1, -0.05) is 12.8 Å². The number of hydrogen-bond acceptors (Lipinski definition) is 8. The van der Waals surface area contributed by atoms with Crippen molar-refractivity contribution in [3.05, 3.63) is 36.9 Å². The molecule has 36 heavy (non-hydrogen) atoms. The fraction of sp³-hybridized carbons (Fsp3) is 0.583. The standard InChI is InChI=1S/C24H36N10O2/c35-23(33-17-13-31(14-18-33)21-25-9-5-10-26-21)29-7-3-1-2-4-8-30-24(36)34-19-15-32(16-20-34)22-27-11-6-12-28-22/h5-6,9-12H,1-4,7-8,13-20H2,(H,29,35)(H,30,36). The molecule has 0 spiro atoms. The average Bonchev–Trinajstić information content (AvgIpc) is 2.95. The highest BCUT2D eigenvalue weighted by Gasteiger charge is 2.23. The number of carbonyl (C=O) groups is 2. The smallest absolute Gasteiger partial charge is 0.317 e. The monoisotopic (exact) mass is 496 g/mol. The van der Waals surface area contributed by atoms with Crippen LogP contribution in [0.15, 0.2) is 36.9 Å². The quantitative estimate of drug-likeness (QED) is 0.497. The van der Waals surface area contributed by atoms with Crippen LogP contribution in [-0.4, -0.2) is 107 Å². The van der Waals surface area contributed by atoms with Gasteiger partial charge >= 0.3 is 12.1 Å². The molecular weight excluding hydrogens is 460 g/mol. The van der Waals surface area contributed by atoms with Gasteiger partial charge in [-0.2, -0.15) is 0 Å². The summed E-state index contributed by atoms with van der Waals surface area (Å²) in [5.41, 5.74) is 0. The van der Waals surface area contributed by atoms with E-state index >= 15 is 0 Å². The fourth-order valence-electron chi connectivity index (χ4n) is 4.35. The molecule has 0 unspecified atom stereocenters. The van der Waals surface area contributed by atoms with Crippen molar-refractivity contribution in [2.75, 3.05) is 75.2 Å². The summed E-state index contributed by atoms with van der Waals surface area (Å²) in [6.45, 7) is 6.95. The Balaban J connectivity index is 0.992. The molecule has 0 bridgehead atoms. The Kier molecular flexibility index (Phi) is 9.46. The molecule has 12 heteroatoms. The predicted molar refractivity (Wildman–Crippen MR) is 137 cm³/mol. The first kappa shape index (κ1) is 25.4. The zero-order valence-electron chi connectivity index (χ0n) is 20.8. The van der Waals surface area contributed by atoms with E-state index in [0.29, 0.717) is 39.3 Å². The number of rotatable bonds is 9. The van der Waals surface area contributed by atoms with Crippen molar-refractivity contribution < 1.29 is 9.59 Å². The fourth-order valence-corrected chi connectivity index (χ4v) is 4.35. The van der Waals surface area contributed by atoms with E-state index in [1.165, 1.54) is 0 Å². The van der Waals surface area contributed by atoms with Gasteiger partial charge in [0.25, 0.3) is 0 Å². The van der Waals surface area contributed by atoms with Crippen molar-refractivity contribution in [1.29, 1.82) is 0 Å². The number of nitrogens with one attached hydrogen (secondary N) is 2. The molecule has 12 nitrogen and oxygen atoms in total. The Morgan fingerprint density at radius 3 is 1.31 bits per heavy atom. The van der Waals surface area contributed by atoms with Gasteiger partial charge in [-0.15, -0.1) is 0 Å². The zero-order chi connectivity index (χ0) is 25.0. The van der Waals surface area contributed by atoms with Gasteiger partial charge in [0.2, 0.25) is 11.9 Å². The van der Waals surface area contributed by atoms with Crippen LogP contribution >= 0.6 is 0 Å². The third kappa shape index (κ3) is 7.40. The van der Waals surface area contributed by atoms with Crippen LogP contribution in [0, 0.1) is 0 Å². The lowest BCUT2D eigenvalue weighted by atomic mass is 10.2. The number of aromatic nitrogens is 4. The number of piperazine rings is 2. The molecule has 0 atom stereocenters. The van der Waals surface area contributed by atoms with Gasteiger partial charge in [0.05, 0.1) is 0 Å². The summed E-state index contributed by atoms with van der Waals surface area (Å²) in [5, 5.41) is 6.04. The van der Waals surface area contributed by atoms with Crippen LogP contribution in [0.4, 0.5) is 21.5 Å². The van der Waals surface area contributed by atoms with Crippen LogP contribution in [0.5, 0.6) is 0 Å². The highest BCUT2D eigenvalue weighted by Crippen LogP contribution is 2.11. The summed E-state index contributed by atoms with van der Waals surface area (Å²) in [7, 11) is 0. The molecule has 0 aromatic carbocycles. The van der Waals surface area contributed by atoms with Gasteiger partial charge in [0.15, 0.2) is 0 Å². The minimum Gasteiger partial charge on any atom is -0.338 e. The van der Waals surface area contributed by atoms with Crippen LogP contribution < -0.4 is 20.4 Å². The number of urea groups is 2. The maximum Gasteiger partial charge on any atom is 0.317 e. The van der Waals surface area contributed by atoms with E-state index in [0.717, 1.165) is 63.8 Å². The van der Waals surface area contributed by atoms with Crippen molar-refractivity contribution in [3.8, 4) is 0 Å². The molecule has 0 aliphatic carbocycles. The van der Waals surface area contributed by atoms with Crippen molar-refractivity contribution in [3.63, 3.8) is 0 Å². The third-order valence-electron chi connectivity index (χ3n) is 6.46. The van der Waals surface area contributed by atoms with Gasteiger partial charge in [0, 0.05) is 90.2 Å². The van der Waals surface area contributed by atoms with E-state index < -0.39 is 0 Å². The Morgan fingerprint density at radius 1 is 0.583 bits per heavy atom. The molecule has 2 N–H and O–H groups in total. The topological polar surface area (TPSA) is 123 Å². The molecule has 2 aliphatic heterocycles. The highest BCUT2D eigenvalue weighted by atomic mass is 16.2. The van der Waals surface area contributed by atoms with Gasteiger partial charge in [0.1, 0.15) is 0 Å². The lowest BCUT2D eigenvalue weighted by Gasteiger charge is -2.34. The Bertz CT molecular complexity index is 855. The van der Waals surface area contributed by atoms with Crippen molar-refractivity contribution in [1.82, 2.24) is 40.4 Å². The van der Waals surface area contributed by atoms with E-state index in [1.807, 2.05) is 9.80 Å². The normalized spacial score (nSPS) is 16.1. The molecule has 4 heterocycles. The Hall–Kier alpha value is -3.70. The third-order valence-corrected chi connectivity index (χ3v) is 6.46. The lowest BCUT2D eigenvalue weighted by molar-refractivity contribution is 0.193. The highest BCUT2D eigenvalue weighted by molar-refractivity contribution is 5.75. The van der Waals surface area contributed by atoms with Crippen LogP contribution in [0.1, 0.15) is 25.7 Å². The minimum atomic E-state index is -0.00480. The van der Waals surface area contributed by atoms with E-state index in [1.54, 1.807) is 36.9 Å². The Labute approximate surface area is 212 Å². The summed E-state index contributed by atoms with van der Waals surface area (Å²) < 4.78 is 0. The largest absolute Gasteiger partial charge is 0.338 e. The van der Waals surface area contributed by atoms with Crippen LogP contribution in [0.25, 0.3) is 0 Å². The van der Waals surface area contributed by atoms with Gasteiger partial charge in [-0.05, 0) is 25.0 Å². The maximum atomic E-state index is 12.4. The van der Waals surface area contributed by atoms with Gasteiger partial charge in [-0.3, -0.25) is 0 Å². The first-order chi connectivity index (χ1) is 17.7. The van der Waals surface area contributed by atoms with Crippen LogP contribution in [0.3, 0.4) is 0 Å². The van der Waals surface area contributed by atoms with Crippen molar-refractivity contribution >= 4 is 24.0 Å². The molecule has 2 aromatic rings. The van der Waals surface area contributed by atoms with E-state index in [4.69, 9.17) is 0 Å². The molecular formula is C24H36N10O2. The minimum absolute atomic E-state index is 0.00480. The molecule has 194 valence electrons. The molecule has 0 saturated carbocycles. The molecule has 2 aliphatic rings. The number of anilines is 2.